The van der Waals surface area contributed by atoms with Crippen LogP contribution in [0.25, 0.3) is 0 Å². The summed E-state index contributed by atoms with van der Waals surface area (Å²) in [6, 6.07) is 25.5. The van der Waals surface area contributed by atoms with Crippen LogP contribution in [0.5, 0.6) is 0 Å². The van der Waals surface area contributed by atoms with Crippen LogP contribution in [0, 0.1) is 22.7 Å². The highest BCUT2D eigenvalue weighted by molar-refractivity contribution is 6.05. The van der Waals surface area contributed by atoms with Gasteiger partial charge in [-0.25, -0.2) is 4.79 Å². The molecule has 9 heteroatoms. The van der Waals surface area contributed by atoms with E-state index in [1.54, 1.807) is 0 Å². The van der Waals surface area contributed by atoms with Crippen LogP contribution in [0.3, 0.4) is 0 Å². The molecular weight excluding hydrogens is 654 g/mol. The standard InChI is InChI=1S/C29H34N2O5.C14H17NO/c1-29(2)16-22-24(17-29)31(28(35)36-18-19-8-4-3-5-9-19)23-11-7-6-10-21(23)27(22)30(20-12-13-20)25(32)14-15-26(33)34;1-14(2)7-10-12(8-14)15-11-6-4-3-5-9(11)13(10)16/h3-11,20,22,24,27H,12-18H2,1-2H3,(H,33,34);3-6,10,12,15H,7-8H2,1-2H3. The fraction of sp³-hybridized carbons (Fsp3) is 0.488. The molecule has 2 heterocycles. The number of ether oxygens (including phenoxy) is 1. The molecular formula is C43H51N3O6. The molecule has 5 unspecified atom stereocenters. The molecule has 3 aromatic rings. The summed E-state index contributed by atoms with van der Waals surface area (Å²) in [4.78, 5) is 54.3. The number of carboxylic acid groups (broad SMARTS) is 1. The Morgan fingerprint density at radius 1 is 0.846 bits per heavy atom. The number of carboxylic acids is 1. The first-order valence-electron chi connectivity index (χ1n) is 18.8. The van der Waals surface area contributed by atoms with Crippen LogP contribution < -0.4 is 10.2 Å². The maximum Gasteiger partial charge on any atom is 0.414 e. The number of carbonyl (C=O) groups excluding carboxylic acids is 3. The van der Waals surface area contributed by atoms with Crippen molar-refractivity contribution in [1.82, 2.24) is 4.90 Å². The fourth-order valence-corrected chi connectivity index (χ4v) is 9.42. The van der Waals surface area contributed by atoms with Crippen molar-refractivity contribution in [3.8, 4) is 0 Å². The van der Waals surface area contributed by atoms with Gasteiger partial charge in [0.25, 0.3) is 0 Å². The maximum absolute atomic E-state index is 13.6. The van der Waals surface area contributed by atoms with Crippen molar-refractivity contribution in [3.05, 3.63) is 95.6 Å². The number of amides is 2. The van der Waals surface area contributed by atoms with Gasteiger partial charge in [-0.15, -0.1) is 0 Å². The maximum atomic E-state index is 13.6. The number of fused-ring (bicyclic) bond motifs is 4. The Morgan fingerprint density at radius 3 is 2.25 bits per heavy atom. The van der Waals surface area contributed by atoms with Crippen molar-refractivity contribution in [2.75, 3.05) is 10.2 Å². The predicted molar refractivity (Wildman–Crippen MR) is 200 cm³/mol. The van der Waals surface area contributed by atoms with E-state index in [2.05, 4.69) is 33.0 Å². The zero-order chi connectivity index (χ0) is 36.8. The topological polar surface area (TPSA) is 116 Å². The molecule has 0 bridgehead atoms. The minimum Gasteiger partial charge on any atom is -0.481 e. The second-order valence-electron chi connectivity index (χ2n) is 17.0. The third kappa shape index (κ3) is 7.32. The molecule has 274 valence electrons. The summed E-state index contributed by atoms with van der Waals surface area (Å²) in [5.74, 6) is -0.498. The average molecular weight is 706 g/mol. The Labute approximate surface area is 306 Å². The SMILES string of the molecule is CC1(C)CC2C(C1)N(C(=O)OCc1ccccc1)c1ccccc1C2N(C(=O)CCC(=O)O)C1CC1.CC1(C)CC2Nc3ccccc3C(=O)C2C1. The highest BCUT2D eigenvalue weighted by Crippen LogP contribution is 2.57. The number of nitrogens with one attached hydrogen (secondary N) is 1. The van der Waals surface area contributed by atoms with Crippen LogP contribution in [-0.2, 0) is 20.9 Å². The lowest BCUT2D eigenvalue weighted by Crippen LogP contribution is -2.53. The second-order valence-corrected chi connectivity index (χ2v) is 17.0. The Hall–Kier alpha value is -4.66. The first-order chi connectivity index (χ1) is 24.8. The van der Waals surface area contributed by atoms with E-state index in [1.807, 2.05) is 88.7 Å². The van der Waals surface area contributed by atoms with E-state index in [4.69, 9.17) is 4.74 Å². The third-order valence-electron chi connectivity index (χ3n) is 11.7. The predicted octanol–water partition coefficient (Wildman–Crippen LogP) is 8.64. The van der Waals surface area contributed by atoms with Crippen LogP contribution >= 0.6 is 0 Å². The van der Waals surface area contributed by atoms with E-state index >= 15 is 0 Å². The van der Waals surface area contributed by atoms with Gasteiger partial charge in [0.05, 0.1) is 18.2 Å². The van der Waals surface area contributed by atoms with Crippen molar-refractivity contribution in [3.63, 3.8) is 0 Å². The first kappa shape index (κ1) is 35.7. The third-order valence-corrected chi connectivity index (χ3v) is 11.7. The van der Waals surface area contributed by atoms with Gasteiger partial charge in [0, 0.05) is 47.6 Å². The number of benzene rings is 3. The fourth-order valence-electron chi connectivity index (χ4n) is 9.42. The molecule has 5 atom stereocenters. The summed E-state index contributed by atoms with van der Waals surface area (Å²) in [5.41, 5.74) is 4.85. The highest BCUT2D eigenvalue weighted by atomic mass is 16.6. The van der Waals surface area contributed by atoms with Crippen molar-refractivity contribution >= 4 is 35.1 Å². The molecule has 3 aromatic carbocycles. The molecule has 0 radical (unpaired) electrons. The molecule has 2 N–H and O–H groups in total. The summed E-state index contributed by atoms with van der Waals surface area (Å²) < 4.78 is 5.81. The second kappa shape index (κ2) is 14.1. The van der Waals surface area contributed by atoms with Crippen molar-refractivity contribution in [2.24, 2.45) is 22.7 Å². The lowest BCUT2D eigenvalue weighted by atomic mass is 9.80. The summed E-state index contributed by atoms with van der Waals surface area (Å²) in [6.45, 7) is 9.14. The molecule has 3 saturated carbocycles. The van der Waals surface area contributed by atoms with E-state index in [1.165, 1.54) is 0 Å². The zero-order valence-electron chi connectivity index (χ0n) is 30.7. The minimum atomic E-state index is -0.963. The van der Waals surface area contributed by atoms with Crippen molar-refractivity contribution in [2.45, 2.75) is 110 Å². The molecule has 9 nitrogen and oxygen atoms in total. The van der Waals surface area contributed by atoms with E-state index in [-0.39, 0.29) is 66.8 Å². The van der Waals surface area contributed by atoms with Crippen LogP contribution in [0.15, 0.2) is 78.9 Å². The van der Waals surface area contributed by atoms with Gasteiger partial charge < -0.3 is 20.1 Å². The number of ketones is 1. The normalized spacial score (nSPS) is 26.0. The van der Waals surface area contributed by atoms with Gasteiger partial charge in [-0.05, 0) is 78.7 Å². The van der Waals surface area contributed by atoms with Crippen LogP contribution in [0.2, 0.25) is 0 Å². The molecule has 0 spiro atoms. The van der Waals surface area contributed by atoms with Gasteiger partial charge >= 0.3 is 12.1 Å². The molecule has 5 aliphatic rings. The van der Waals surface area contributed by atoms with Gasteiger partial charge in [-0.2, -0.15) is 0 Å². The molecule has 52 heavy (non-hydrogen) atoms. The molecule has 3 aliphatic carbocycles. The van der Waals surface area contributed by atoms with Gasteiger partial charge in [-0.3, -0.25) is 19.3 Å². The molecule has 0 saturated heterocycles. The molecule has 2 amide bonds. The summed E-state index contributed by atoms with van der Waals surface area (Å²) in [5, 5.41) is 12.7. The smallest absolute Gasteiger partial charge is 0.414 e. The first-order valence-corrected chi connectivity index (χ1v) is 18.8. The van der Waals surface area contributed by atoms with Crippen molar-refractivity contribution < 1.29 is 29.0 Å². The summed E-state index contributed by atoms with van der Waals surface area (Å²) in [6.07, 6.45) is 5.10. The number of hydrogen-bond donors (Lipinski definition) is 2. The number of Topliss-reactive ketones (excluding diaryl/α,β-unsaturated/α-hetero) is 1. The van der Waals surface area contributed by atoms with E-state index in [9.17, 15) is 24.3 Å². The number of carbonyl (C=O) groups is 4. The van der Waals surface area contributed by atoms with E-state index in [0.717, 1.165) is 66.6 Å². The number of rotatable bonds is 7. The van der Waals surface area contributed by atoms with Crippen LogP contribution in [0.4, 0.5) is 16.2 Å². The monoisotopic (exact) mass is 705 g/mol. The summed E-state index contributed by atoms with van der Waals surface area (Å²) in [7, 11) is 0. The Kier molecular flexibility index (Phi) is 9.65. The van der Waals surface area contributed by atoms with Crippen LogP contribution in [-0.4, -0.2) is 51.9 Å². The number of para-hydroxylation sites is 2. The zero-order valence-corrected chi connectivity index (χ0v) is 30.7. The number of aliphatic carboxylic acids is 1. The van der Waals surface area contributed by atoms with Gasteiger partial charge in [-0.1, -0.05) is 88.4 Å². The quantitative estimate of drug-likeness (QED) is 0.253. The van der Waals surface area contributed by atoms with Gasteiger partial charge in [0.15, 0.2) is 5.78 Å². The minimum absolute atomic E-state index is 0.00584. The Morgan fingerprint density at radius 2 is 1.52 bits per heavy atom. The molecule has 0 aromatic heterocycles. The van der Waals surface area contributed by atoms with Gasteiger partial charge in [0.1, 0.15) is 6.61 Å². The number of nitrogens with zero attached hydrogens (tertiary/aromatic N) is 2. The Balaban J connectivity index is 0.000000217. The highest BCUT2D eigenvalue weighted by Gasteiger charge is 2.55. The lowest BCUT2D eigenvalue weighted by Gasteiger charge is -2.47. The van der Waals surface area contributed by atoms with Crippen LogP contribution in [0.1, 0.15) is 107 Å². The molecule has 2 aliphatic heterocycles. The number of hydrogen-bond acceptors (Lipinski definition) is 6. The molecule has 3 fully saturated rings. The van der Waals surface area contributed by atoms with Crippen molar-refractivity contribution in [1.29, 1.82) is 0 Å². The largest absolute Gasteiger partial charge is 0.481 e. The average Bonchev–Trinajstić information content (AvgIpc) is 3.82. The number of anilines is 2. The lowest BCUT2D eigenvalue weighted by molar-refractivity contribution is -0.142. The van der Waals surface area contributed by atoms with E-state index in [0.29, 0.717) is 17.2 Å². The Bertz CT molecular complexity index is 1830. The van der Waals surface area contributed by atoms with E-state index < -0.39 is 5.97 Å². The molecule has 8 rings (SSSR count). The summed E-state index contributed by atoms with van der Waals surface area (Å²) >= 11 is 0. The van der Waals surface area contributed by atoms with Gasteiger partial charge in [0.2, 0.25) is 5.91 Å².